The van der Waals surface area contributed by atoms with Gasteiger partial charge in [0.25, 0.3) is 0 Å². The Morgan fingerprint density at radius 3 is 2.78 bits per heavy atom. The molecule has 0 aliphatic heterocycles. The molecule has 0 aliphatic rings. The van der Waals surface area contributed by atoms with Gasteiger partial charge in [-0.3, -0.25) is 0 Å². The molecule has 0 saturated carbocycles. The topological polar surface area (TPSA) is 51.8 Å². The summed E-state index contributed by atoms with van der Waals surface area (Å²) in [7, 11) is 0. The van der Waals surface area contributed by atoms with Crippen molar-refractivity contribution < 1.29 is 4.39 Å². The Bertz CT molecular complexity index is 567. The van der Waals surface area contributed by atoms with Crippen LogP contribution in [0.15, 0.2) is 24.4 Å². The molecule has 0 amide bonds. The van der Waals surface area contributed by atoms with Crippen molar-refractivity contribution in [2.45, 2.75) is 26.8 Å². The van der Waals surface area contributed by atoms with E-state index in [9.17, 15) is 4.39 Å². The van der Waals surface area contributed by atoms with Gasteiger partial charge in [-0.25, -0.2) is 14.4 Å². The van der Waals surface area contributed by atoms with Crippen LogP contribution in [0, 0.1) is 12.7 Å². The molecule has 0 atom stereocenters. The van der Waals surface area contributed by atoms with Crippen molar-refractivity contribution in [1.29, 1.82) is 0 Å². The summed E-state index contributed by atoms with van der Waals surface area (Å²) >= 11 is 0. The maximum absolute atomic E-state index is 13.3. The molecule has 2 rings (SSSR count). The lowest BCUT2D eigenvalue weighted by atomic mass is 10.1. The second-order valence-electron chi connectivity index (χ2n) is 4.18. The largest absolute Gasteiger partial charge is 0.326 e. The third kappa shape index (κ3) is 2.38. The van der Waals surface area contributed by atoms with Crippen LogP contribution in [0.2, 0.25) is 0 Å². The molecule has 1 aromatic carbocycles. The van der Waals surface area contributed by atoms with Gasteiger partial charge in [-0.1, -0.05) is 13.0 Å². The van der Waals surface area contributed by atoms with Gasteiger partial charge in [0, 0.05) is 29.6 Å². The number of halogens is 1. The van der Waals surface area contributed by atoms with Gasteiger partial charge in [0.15, 0.2) is 5.82 Å². The molecule has 4 heteroatoms. The standard InChI is InChI=1S/C14H16FN3/c1-3-13-10(7-16)8-17-14(18-13)12-6-11(15)5-4-9(12)2/h4-6,8H,3,7,16H2,1-2H3. The van der Waals surface area contributed by atoms with Crippen LogP contribution >= 0.6 is 0 Å². The molecule has 3 nitrogen and oxygen atoms in total. The van der Waals surface area contributed by atoms with Crippen LogP contribution in [-0.2, 0) is 13.0 Å². The Morgan fingerprint density at radius 1 is 1.33 bits per heavy atom. The van der Waals surface area contributed by atoms with E-state index in [-0.39, 0.29) is 5.82 Å². The minimum absolute atomic E-state index is 0.278. The predicted octanol–water partition coefficient (Wildman–Crippen LogP) is 2.61. The summed E-state index contributed by atoms with van der Waals surface area (Å²) in [5.74, 6) is 0.279. The van der Waals surface area contributed by atoms with Crippen molar-refractivity contribution in [2.24, 2.45) is 5.73 Å². The summed E-state index contributed by atoms with van der Waals surface area (Å²) in [5, 5.41) is 0. The minimum Gasteiger partial charge on any atom is -0.326 e. The lowest BCUT2D eigenvalue weighted by Crippen LogP contribution is -2.06. The molecule has 0 spiro atoms. The molecular formula is C14H16FN3. The number of hydrogen-bond acceptors (Lipinski definition) is 3. The monoisotopic (exact) mass is 245 g/mol. The fourth-order valence-electron chi connectivity index (χ4n) is 1.88. The zero-order valence-electron chi connectivity index (χ0n) is 10.6. The van der Waals surface area contributed by atoms with E-state index in [1.165, 1.54) is 12.1 Å². The van der Waals surface area contributed by atoms with Crippen molar-refractivity contribution >= 4 is 0 Å². The molecule has 2 aromatic rings. The third-order valence-corrected chi connectivity index (χ3v) is 2.95. The number of nitrogens with zero attached hydrogens (tertiary/aromatic N) is 2. The highest BCUT2D eigenvalue weighted by Gasteiger charge is 2.09. The van der Waals surface area contributed by atoms with E-state index >= 15 is 0 Å². The van der Waals surface area contributed by atoms with Gasteiger partial charge >= 0.3 is 0 Å². The molecule has 1 aromatic heterocycles. The zero-order chi connectivity index (χ0) is 13.1. The number of benzene rings is 1. The summed E-state index contributed by atoms with van der Waals surface area (Å²) in [6.45, 7) is 4.36. The molecule has 0 radical (unpaired) electrons. The molecular weight excluding hydrogens is 229 g/mol. The minimum atomic E-state index is -0.278. The highest BCUT2D eigenvalue weighted by Crippen LogP contribution is 2.21. The van der Waals surface area contributed by atoms with Gasteiger partial charge in [0.05, 0.1) is 0 Å². The average Bonchev–Trinajstić information content (AvgIpc) is 2.40. The van der Waals surface area contributed by atoms with Crippen molar-refractivity contribution in [1.82, 2.24) is 9.97 Å². The van der Waals surface area contributed by atoms with Crippen molar-refractivity contribution in [3.05, 3.63) is 47.0 Å². The van der Waals surface area contributed by atoms with Crippen LogP contribution < -0.4 is 5.73 Å². The van der Waals surface area contributed by atoms with E-state index in [1.807, 2.05) is 13.8 Å². The van der Waals surface area contributed by atoms with E-state index in [0.29, 0.717) is 12.4 Å². The van der Waals surface area contributed by atoms with Crippen LogP contribution in [0.5, 0.6) is 0 Å². The molecule has 0 bridgehead atoms. The first kappa shape index (κ1) is 12.6. The van der Waals surface area contributed by atoms with E-state index in [4.69, 9.17) is 5.73 Å². The molecule has 0 saturated heterocycles. The summed E-state index contributed by atoms with van der Waals surface area (Å²) in [5.41, 5.74) is 9.18. The number of rotatable bonds is 3. The smallest absolute Gasteiger partial charge is 0.159 e. The van der Waals surface area contributed by atoms with E-state index < -0.39 is 0 Å². The van der Waals surface area contributed by atoms with Crippen LogP contribution in [0.25, 0.3) is 11.4 Å². The van der Waals surface area contributed by atoms with Gasteiger partial charge in [-0.05, 0) is 31.0 Å². The van der Waals surface area contributed by atoms with Gasteiger partial charge in [-0.15, -0.1) is 0 Å². The Kier molecular flexibility index (Phi) is 3.67. The second-order valence-corrected chi connectivity index (χ2v) is 4.18. The first-order valence-corrected chi connectivity index (χ1v) is 5.97. The molecule has 0 fully saturated rings. The molecule has 0 unspecified atom stereocenters. The fourth-order valence-corrected chi connectivity index (χ4v) is 1.88. The first-order valence-electron chi connectivity index (χ1n) is 5.97. The summed E-state index contributed by atoms with van der Waals surface area (Å²) in [4.78, 5) is 8.75. The molecule has 94 valence electrons. The number of nitrogens with two attached hydrogens (primary N) is 1. The van der Waals surface area contributed by atoms with E-state index in [0.717, 1.165) is 28.8 Å². The molecule has 1 heterocycles. The summed E-state index contributed by atoms with van der Waals surface area (Å²) < 4.78 is 13.3. The summed E-state index contributed by atoms with van der Waals surface area (Å²) in [6, 6.07) is 4.64. The Morgan fingerprint density at radius 2 is 2.11 bits per heavy atom. The molecule has 18 heavy (non-hydrogen) atoms. The van der Waals surface area contributed by atoms with E-state index in [2.05, 4.69) is 9.97 Å². The van der Waals surface area contributed by atoms with Gasteiger partial charge in [-0.2, -0.15) is 0 Å². The van der Waals surface area contributed by atoms with Crippen LogP contribution in [0.1, 0.15) is 23.7 Å². The van der Waals surface area contributed by atoms with E-state index in [1.54, 1.807) is 12.3 Å². The third-order valence-electron chi connectivity index (χ3n) is 2.95. The van der Waals surface area contributed by atoms with Crippen LogP contribution in [-0.4, -0.2) is 9.97 Å². The Labute approximate surface area is 106 Å². The predicted molar refractivity (Wildman–Crippen MR) is 69.4 cm³/mol. The summed E-state index contributed by atoms with van der Waals surface area (Å²) in [6.07, 6.45) is 2.52. The number of aryl methyl sites for hydroxylation is 2. The first-order chi connectivity index (χ1) is 8.65. The SMILES string of the molecule is CCc1nc(-c2cc(F)ccc2C)ncc1CN. The molecule has 0 aliphatic carbocycles. The molecule has 2 N–H and O–H groups in total. The lowest BCUT2D eigenvalue weighted by Gasteiger charge is -2.09. The van der Waals surface area contributed by atoms with Gasteiger partial charge in [0.2, 0.25) is 0 Å². The Balaban J connectivity index is 2.54. The Hall–Kier alpha value is -1.81. The highest BCUT2D eigenvalue weighted by molar-refractivity contribution is 5.60. The maximum Gasteiger partial charge on any atom is 0.159 e. The van der Waals surface area contributed by atoms with Crippen molar-refractivity contribution in [3.8, 4) is 11.4 Å². The quantitative estimate of drug-likeness (QED) is 0.904. The number of hydrogen-bond donors (Lipinski definition) is 1. The van der Waals surface area contributed by atoms with Crippen molar-refractivity contribution in [3.63, 3.8) is 0 Å². The van der Waals surface area contributed by atoms with Gasteiger partial charge < -0.3 is 5.73 Å². The maximum atomic E-state index is 13.3. The number of aromatic nitrogens is 2. The normalized spacial score (nSPS) is 10.7. The fraction of sp³-hybridized carbons (Fsp3) is 0.286. The van der Waals surface area contributed by atoms with Crippen LogP contribution in [0.4, 0.5) is 4.39 Å². The zero-order valence-corrected chi connectivity index (χ0v) is 10.6. The lowest BCUT2D eigenvalue weighted by molar-refractivity contribution is 0.627. The average molecular weight is 245 g/mol. The van der Waals surface area contributed by atoms with Crippen molar-refractivity contribution in [2.75, 3.05) is 0 Å². The highest BCUT2D eigenvalue weighted by atomic mass is 19.1. The van der Waals surface area contributed by atoms with Gasteiger partial charge in [0.1, 0.15) is 5.82 Å². The second kappa shape index (κ2) is 5.23. The van der Waals surface area contributed by atoms with Crippen LogP contribution in [0.3, 0.4) is 0 Å².